The van der Waals surface area contributed by atoms with Crippen LogP contribution in [0.25, 0.3) is 0 Å². The topological polar surface area (TPSA) is 116 Å². The van der Waals surface area contributed by atoms with Crippen LogP contribution in [0.1, 0.15) is 36.8 Å². The van der Waals surface area contributed by atoms with Gasteiger partial charge >= 0.3 is 13.1 Å². The molecule has 0 amide bonds. The fraction of sp³-hybridized carbons (Fsp3) is 0.632. The Labute approximate surface area is 154 Å². The molecule has 7 heteroatoms. The molecule has 0 aliphatic heterocycles. The molecule has 0 spiro atoms. The van der Waals surface area contributed by atoms with Crippen LogP contribution in [-0.4, -0.2) is 46.4 Å². The molecule has 1 aromatic carbocycles. The van der Waals surface area contributed by atoms with Gasteiger partial charge < -0.3 is 26.2 Å². The fourth-order valence-electron chi connectivity index (χ4n) is 4.68. The van der Waals surface area contributed by atoms with E-state index in [1.54, 1.807) is 0 Å². The van der Waals surface area contributed by atoms with Crippen LogP contribution < -0.4 is 11.1 Å². The number of nitrogens with two attached hydrogens (primary N) is 1. The molecular formula is C19H29BN2O4. The second kappa shape index (κ2) is 8.09. The molecule has 6 N–H and O–H groups in total. The van der Waals surface area contributed by atoms with Crippen molar-refractivity contribution in [3.63, 3.8) is 0 Å². The van der Waals surface area contributed by atoms with E-state index in [1.807, 2.05) is 0 Å². The van der Waals surface area contributed by atoms with Crippen molar-refractivity contribution in [3.05, 3.63) is 35.4 Å². The lowest BCUT2D eigenvalue weighted by Gasteiger charge is -2.33. The molecule has 2 aliphatic rings. The molecular weight excluding hydrogens is 331 g/mol. The Hall–Kier alpha value is -1.41. The molecule has 1 fully saturated rings. The van der Waals surface area contributed by atoms with E-state index in [-0.39, 0.29) is 5.92 Å². The molecule has 0 heterocycles. The van der Waals surface area contributed by atoms with E-state index in [9.17, 15) is 9.90 Å². The Morgan fingerprint density at radius 1 is 1.27 bits per heavy atom. The minimum Gasteiger partial charge on any atom is -0.481 e. The summed E-state index contributed by atoms with van der Waals surface area (Å²) in [5.74, 6) is -1.11. The van der Waals surface area contributed by atoms with Gasteiger partial charge in [-0.2, -0.15) is 0 Å². The van der Waals surface area contributed by atoms with Crippen LogP contribution in [0.2, 0.25) is 6.32 Å². The first-order valence-electron chi connectivity index (χ1n) is 9.55. The lowest BCUT2D eigenvalue weighted by molar-refractivity contribution is -0.141. The van der Waals surface area contributed by atoms with Crippen molar-refractivity contribution in [2.75, 3.05) is 6.54 Å². The van der Waals surface area contributed by atoms with Gasteiger partial charge in [0.25, 0.3) is 0 Å². The van der Waals surface area contributed by atoms with Crippen molar-refractivity contribution in [2.24, 2.45) is 17.6 Å². The highest BCUT2D eigenvalue weighted by atomic mass is 16.4. The third kappa shape index (κ3) is 4.46. The van der Waals surface area contributed by atoms with Gasteiger partial charge in [0.05, 0.1) is 5.92 Å². The summed E-state index contributed by atoms with van der Waals surface area (Å²) in [7, 11) is -1.31. The van der Waals surface area contributed by atoms with Gasteiger partial charge in [-0.25, -0.2) is 0 Å². The molecule has 0 unspecified atom stereocenters. The molecule has 3 rings (SSSR count). The number of carboxylic acid groups (broad SMARTS) is 1. The summed E-state index contributed by atoms with van der Waals surface area (Å²) in [6.45, 7) is 0.599. The Kier molecular flexibility index (Phi) is 6.02. The average Bonchev–Trinajstić information content (AvgIpc) is 3.14. The maximum Gasteiger partial charge on any atom is 0.451 e. The summed E-state index contributed by atoms with van der Waals surface area (Å²) in [6, 6.07) is 8.79. The lowest BCUT2D eigenvalue weighted by Crippen LogP contribution is -2.54. The largest absolute Gasteiger partial charge is 0.481 e. The molecule has 0 radical (unpaired) electrons. The molecule has 0 saturated heterocycles. The van der Waals surface area contributed by atoms with Crippen LogP contribution in [0.4, 0.5) is 0 Å². The number of aliphatic carboxylic acids is 1. The van der Waals surface area contributed by atoms with Gasteiger partial charge in [-0.05, 0) is 55.5 Å². The summed E-state index contributed by atoms with van der Waals surface area (Å²) < 4.78 is 0. The average molecular weight is 360 g/mol. The maximum absolute atomic E-state index is 11.5. The molecule has 0 bridgehead atoms. The van der Waals surface area contributed by atoms with E-state index < -0.39 is 24.5 Å². The maximum atomic E-state index is 11.5. The summed E-state index contributed by atoms with van der Waals surface area (Å²) >= 11 is 0. The summed E-state index contributed by atoms with van der Waals surface area (Å²) in [4.78, 5) is 11.5. The zero-order chi connectivity index (χ0) is 18.7. The molecule has 1 saturated carbocycles. The summed E-state index contributed by atoms with van der Waals surface area (Å²) in [6.07, 6.45) is 4.68. The van der Waals surface area contributed by atoms with E-state index in [0.717, 1.165) is 19.3 Å². The van der Waals surface area contributed by atoms with E-state index in [0.29, 0.717) is 38.2 Å². The first kappa shape index (κ1) is 19.4. The van der Waals surface area contributed by atoms with Gasteiger partial charge in [0.2, 0.25) is 0 Å². The van der Waals surface area contributed by atoms with Gasteiger partial charge in [0.15, 0.2) is 0 Å². The van der Waals surface area contributed by atoms with Crippen molar-refractivity contribution < 1.29 is 19.9 Å². The van der Waals surface area contributed by atoms with Crippen molar-refractivity contribution in [3.8, 4) is 0 Å². The lowest BCUT2D eigenvalue weighted by atomic mass is 9.78. The number of carbonyl (C=O) groups is 1. The van der Waals surface area contributed by atoms with Gasteiger partial charge in [-0.3, -0.25) is 4.79 Å². The zero-order valence-corrected chi connectivity index (χ0v) is 15.1. The summed E-state index contributed by atoms with van der Waals surface area (Å²) in [5.41, 5.74) is 8.87. The second-order valence-electron chi connectivity index (χ2n) is 8.07. The third-order valence-corrected chi connectivity index (χ3v) is 6.14. The number of rotatable bonds is 8. The third-order valence-electron chi connectivity index (χ3n) is 6.14. The molecule has 142 valence electrons. The summed E-state index contributed by atoms with van der Waals surface area (Å²) in [5, 5.41) is 31.1. The SMILES string of the molecule is N[C@@]1(CNC2Cc3ccccc3C2)C[C@@H](C(=O)O)C[C@@H]1CCCB(O)O. The number of hydrogen-bond acceptors (Lipinski definition) is 5. The number of carboxylic acids is 1. The van der Waals surface area contributed by atoms with E-state index in [2.05, 4.69) is 29.6 Å². The smallest absolute Gasteiger partial charge is 0.451 e. The number of benzene rings is 1. The quantitative estimate of drug-likeness (QED) is 0.438. The first-order chi connectivity index (χ1) is 12.4. The Balaban J connectivity index is 1.58. The number of hydrogen-bond donors (Lipinski definition) is 5. The van der Waals surface area contributed by atoms with E-state index >= 15 is 0 Å². The predicted molar refractivity (Wildman–Crippen MR) is 101 cm³/mol. The highest BCUT2D eigenvalue weighted by Crippen LogP contribution is 2.41. The standard InChI is InChI=1S/C19H29BN2O4/c21-19(12-22-17-9-13-4-1-2-5-14(13)10-17)11-15(18(23)24)8-16(19)6-3-7-20(25)26/h1-2,4-5,15-17,22,25-26H,3,6-12,21H2,(H,23,24)/t15-,16-,19+/m0/s1. The highest BCUT2D eigenvalue weighted by molar-refractivity contribution is 6.40. The van der Waals surface area contributed by atoms with Gasteiger partial charge in [0, 0.05) is 18.1 Å². The minimum absolute atomic E-state index is 0.0821. The van der Waals surface area contributed by atoms with Crippen molar-refractivity contribution in [1.82, 2.24) is 5.32 Å². The number of fused-ring (bicyclic) bond motifs is 1. The normalized spacial score (nSPS) is 28.3. The van der Waals surface area contributed by atoms with Crippen LogP contribution >= 0.6 is 0 Å². The fourth-order valence-corrected chi connectivity index (χ4v) is 4.68. The highest BCUT2D eigenvalue weighted by Gasteiger charge is 2.46. The minimum atomic E-state index is -1.31. The van der Waals surface area contributed by atoms with Gasteiger partial charge in [-0.1, -0.05) is 30.7 Å². The van der Waals surface area contributed by atoms with Crippen molar-refractivity contribution >= 4 is 13.1 Å². The van der Waals surface area contributed by atoms with Crippen molar-refractivity contribution in [2.45, 2.75) is 56.4 Å². The van der Waals surface area contributed by atoms with Gasteiger partial charge in [-0.15, -0.1) is 0 Å². The predicted octanol–water partition coefficient (Wildman–Crippen LogP) is 0.805. The van der Waals surface area contributed by atoms with Crippen LogP contribution in [0, 0.1) is 11.8 Å². The molecule has 6 nitrogen and oxygen atoms in total. The Morgan fingerprint density at radius 3 is 2.50 bits per heavy atom. The molecule has 2 aliphatic carbocycles. The van der Waals surface area contributed by atoms with Crippen molar-refractivity contribution in [1.29, 1.82) is 0 Å². The second-order valence-corrected chi connectivity index (χ2v) is 8.07. The Morgan fingerprint density at radius 2 is 1.92 bits per heavy atom. The molecule has 3 atom stereocenters. The molecule has 0 aromatic heterocycles. The van der Waals surface area contributed by atoms with Crippen LogP contribution in [0.15, 0.2) is 24.3 Å². The van der Waals surface area contributed by atoms with E-state index in [1.165, 1.54) is 11.1 Å². The number of nitrogens with one attached hydrogen (secondary N) is 1. The van der Waals surface area contributed by atoms with Crippen LogP contribution in [0.5, 0.6) is 0 Å². The van der Waals surface area contributed by atoms with E-state index in [4.69, 9.17) is 15.8 Å². The van der Waals surface area contributed by atoms with Crippen LogP contribution in [0.3, 0.4) is 0 Å². The van der Waals surface area contributed by atoms with Crippen LogP contribution in [-0.2, 0) is 17.6 Å². The zero-order valence-electron chi connectivity index (χ0n) is 15.1. The Bertz CT molecular complexity index is 617. The van der Waals surface area contributed by atoms with Gasteiger partial charge in [0.1, 0.15) is 0 Å². The molecule has 1 aromatic rings. The monoisotopic (exact) mass is 360 g/mol. The molecule has 26 heavy (non-hydrogen) atoms. The first-order valence-corrected chi connectivity index (χ1v) is 9.55.